The summed E-state index contributed by atoms with van der Waals surface area (Å²) in [7, 11) is 0. The molecule has 1 aliphatic heterocycles. The van der Waals surface area contributed by atoms with E-state index in [1.54, 1.807) is 0 Å². The first-order valence-electron chi connectivity index (χ1n) is 14.1. The van der Waals surface area contributed by atoms with Crippen LogP contribution in [0.15, 0.2) is 133 Å². The Kier molecular flexibility index (Phi) is 6.92. The van der Waals surface area contributed by atoms with Crippen molar-refractivity contribution in [3.05, 3.63) is 156 Å². The maximum absolute atomic E-state index is 6.31. The number of hydrogen-bond acceptors (Lipinski definition) is 2. The normalized spacial score (nSPS) is 16.3. The summed E-state index contributed by atoms with van der Waals surface area (Å²) >= 11 is 0. The molecule has 1 heterocycles. The Bertz CT molecular complexity index is 1450. The zero-order chi connectivity index (χ0) is 27.7. The second-order valence-corrected chi connectivity index (χ2v) is 11.7. The van der Waals surface area contributed by atoms with Crippen LogP contribution in [-0.2, 0) is 9.47 Å². The molecule has 0 aromatic heterocycles. The monoisotopic (exact) mass is 524 g/mol. The summed E-state index contributed by atoms with van der Waals surface area (Å²) in [6.07, 6.45) is -0.368. The fraction of sp³-hybridized carbons (Fsp3) is 0.211. The third kappa shape index (κ3) is 5.13. The number of benzene rings is 5. The summed E-state index contributed by atoms with van der Waals surface area (Å²) < 4.78 is 12.6. The molecule has 0 amide bonds. The van der Waals surface area contributed by atoms with Crippen LogP contribution in [0.4, 0.5) is 0 Å². The topological polar surface area (TPSA) is 18.5 Å². The SMILES string of the molecule is CC1(C)OC(c2ccc(C(c3ccc(-c4ccccc4)cc3)c3ccc(-c4ccccc4)cc3)cc2)OC1(C)C. The lowest BCUT2D eigenvalue weighted by Crippen LogP contribution is -2.41. The lowest BCUT2D eigenvalue weighted by Gasteiger charge is -2.30. The van der Waals surface area contributed by atoms with Crippen molar-refractivity contribution in [1.82, 2.24) is 0 Å². The van der Waals surface area contributed by atoms with Crippen molar-refractivity contribution in [3.63, 3.8) is 0 Å². The predicted molar refractivity (Wildman–Crippen MR) is 164 cm³/mol. The maximum atomic E-state index is 6.31. The highest BCUT2D eigenvalue weighted by Gasteiger charge is 2.49. The molecule has 0 N–H and O–H groups in total. The molecule has 1 aliphatic rings. The predicted octanol–water partition coefficient (Wildman–Crippen LogP) is 9.80. The molecule has 0 aliphatic carbocycles. The Hall–Kier alpha value is -3.98. The van der Waals surface area contributed by atoms with Crippen LogP contribution in [-0.4, -0.2) is 11.2 Å². The van der Waals surface area contributed by atoms with Gasteiger partial charge in [-0.2, -0.15) is 0 Å². The van der Waals surface area contributed by atoms with Gasteiger partial charge < -0.3 is 9.47 Å². The summed E-state index contributed by atoms with van der Waals surface area (Å²) in [6.45, 7) is 8.37. The molecule has 5 aromatic carbocycles. The van der Waals surface area contributed by atoms with Crippen LogP contribution in [0.25, 0.3) is 22.3 Å². The van der Waals surface area contributed by atoms with Crippen molar-refractivity contribution >= 4 is 0 Å². The maximum Gasteiger partial charge on any atom is 0.185 e. The summed E-state index contributed by atoms with van der Waals surface area (Å²) in [5.74, 6) is 0.0991. The van der Waals surface area contributed by atoms with Crippen LogP contribution in [0.1, 0.15) is 62.2 Å². The highest BCUT2D eigenvalue weighted by atomic mass is 16.7. The molecule has 1 saturated heterocycles. The molecule has 2 heteroatoms. The van der Waals surface area contributed by atoms with Gasteiger partial charge >= 0.3 is 0 Å². The van der Waals surface area contributed by atoms with Crippen molar-refractivity contribution in [3.8, 4) is 22.3 Å². The van der Waals surface area contributed by atoms with Gasteiger partial charge in [-0.05, 0) is 66.6 Å². The van der Waals surface area contributed by atoms with Crippen LogP contribution in [0.3, 0.4) is 0 Å². The molecule has 0 bridgehead atoms. The second-order valence-electron chi connectivity index (χ2n) is 11.7. The summed E-state index contributed by atoms with van der Waals surface area (Å²) in [6, 6.07) is 47.8. The summed E-state index contributed by atoms with van der Waals surface area (Å²) in [5, 5.41) is 0. The number of ether oxygens (including phenoxy) is 2. The molecule has 0 unspecified atom stereocenters. The van der Waals surface area contributed by atoms with Crippen molar-refractivity contribution < 1.29 is 9.47 Å². The standard InChI is InChI=1S/C38H36O2/c1-37(2)38(3,4)40-36(39-37)34-25-23-33(24-26-34)35(31-19-15-29(16-20-31)27-11-7-5-8-12-27)32-21-17-30(18-22-32)28-13-9-6-10-14-28/h5-26,35-36H,1-4H3. The minimum Gasteiger partial charge on any atom is -0.339 e. The first kappa shape index (κ1) is 26.3. The molecule has 2 nitrogen and oxygen atoms in total. The van der Waals surface area contributed by atoms with E-state index >= 15 is 0 Å². The third-order valence-corrected chi connectivity index (χ3v) is 8.50. The molecule has 200 valence electrons. The first-order valence-corrected chi connectivity index (χ1v) is 14.1. The molecule has 0 radical (unpaired) electrons. The van der Waals surface area contributed by atoms with Gasteiger partial charge in [0, 0.05) is 11.5 Å². The van der Waals surface area contributed by atoms with Crippen molar-refractivity contribution in [2.75, 3.05) is 0 Å². The lowest BCUT2D eigenvalue weighted by atomic mass is 9.83. The molecule has 5 aromatic rings. The van der Waals surface area contributed by atoms with Crippen LogP contribution in [0.5, 0.6) is 0 Å². The van der Waals surface area contributed by atoms with E-state index in [9.17, 15) is 0 Å². The zero-order valence-electron chi connectivity index (χ0n) is 23.7. The number of hydrogen-bond donors (Lipinski definition) is 0. The minimum absolute atomic E-state index is 0.0991. The van der Waals surface area contributed by atoms with E-state index in [1.165, 1.54) is 38.9 Å². The summed E-state index contributed by atoms with van der Waals surface area (Å²) in [5.41, 5.74) is 8.97. The highest BCUT2D eigenvalue weighted by Crippen LogP contribution is 2.45. The zero-order valence-corrected chi connectivity index (χ0v) is 23.7. The van der Waals surface area contributed by atoms with E-state index in [4.69, 9.17) is 9.47 Å². The van der Waals surface area contributed by atoms with Gasteiger partial charge in [-0.1, -0.05) is 133 Å². The van der Waals surface area contributed by atoms with Crippen molar-refractivity contribution in [1.29, 1.82) is 0 Å². The largest absolute Gasteiger partial charge is 0.339 e. The average molecular weight is 525 g/mol. The van der Waals surface area contributed by atoms with Gasteiger partial charge in [0.25, 0.3) is 0 Å². The molecule has 6 rings (SSSR count). The van der Waals surface area contributed by atoms with Gasteiger partial charge in [-0.15, -0.1) is 0 Å². The van der Waals surface area contributed by atoms with Gasteiger partial charge in [0.15, 0.2) is 6.29 Å². The molecular formula is C38H36O2. The smallest absolute Gasteiger partial charge is 0.185 e. The van der Waals surface area contributed by atoms with E-state index in [-0.39, 0.29) is 23.4 Å². The van der Waals surface area contributed by atoms with E-state index in [0.717, 1.165) is 5.56 Å². The van der Waals surface area contributed by atoms with Gasteiger partial charge in [-0.3, -0.25) is 0 Å². The highest BCUT2D eigenvalue weighted by molar-refractivity contribution is 5.66. The molecular weight excluding hydrogens is 488 g/mol. The van der Waals surface area contributed by atoms with E-state index < -0.39 is 0 Å². The van der Waals surface area contributed by atoms with E-state index in [1.807, 2.05) is 0 Å². The molecule has 0 atom stereocenters. The first-order chi connectivity index (χ1) is 19.3. The molecule has 40 heavy (non-hydrogen) atoms. The van der Waals surface area contributed by atoms with Crippen molar-refractivity contribution in [2.45, 2.75) is 51.1 Å². The average Bonchev–Trinajstić information content (AvgIpc) is 3.21. The second kappa shape index (κ2) is 10.5. The van der Waals surface area contributed by atoms with Crippen molar-refractivity contribution in [2.24, 2.45) is 0 Å². The molecule has 1 fully saturated rings. The summed E-state index contributed by atoms with van der Waals surface area (Å²) in [4.78, 5) is 0. The Morgan fingerprint density at radius 3 is 1.12 bits per heavy atom. The van der Waals surface area contributed by atoms with Gasteiger partial charge in [0.05, 0.1) is 11.2 Å². The van der Waals surface area contributed by atoms with E-state index in [2.05, 4.69) is 161 Å². The molecule has 0 spiro atoms. The van der Waals surface area contributed by atoms with Crippen LogP contribution >= 0.6 is 0 Å². The Labute approximate surface area is 238 Å². The molecule has 0 saturated carbocycles. The van der Waals surface area contributed by atoms with E-state index in [0.29, 0.717) is 0 Å². The van der Waals surface area contributed by atoms with Crippen LogP contribution in [0.2, 0.25) is 0 Å². The van der Waals surface area contributed by atoms with Crippen LogP contribution < -0.4 is 0 Å². The van der Waals surface area contributed by atoms with Gasteiger partial charge in [0.2, 0.25) is 0 Å². The minimum atomic E-state index is -0.368. The Morgan fingerprint density at radius 1 is 0.425 bits per heavy atom. The quantitative estimate of drug-likeness (QED) is 0.206. The Balaban J connectivity index is 1.35. The van der Waals surface area contributed by atoms with Crippen LogP contribution in [0, 0.1) is 0 Å². The third-order valence-electron chi connectivity index (χ3n) is 8.50. The fourth-order valence-corrected chi connectivity index (χ4v) is 5.40. The fourth-order valence-electron chi connectivity index (χ4n) is 5.40. The lowest BCUT2D eigenvalue weighted by molar-refractivity contribution is -0.0895. The van der Waals surface area contributed by atoms with Gasteiger partial charge in [0.1, 0.15) is 0 Å². The Morgan fingerprint density at radius 2 is 0.750 bits per heavy atom. The van der Waals surface area contributed by atoms with Gasteiger partial charge in [-0.25, -0.2) is 0 Å². The number of rotatable bonds is 6.